The molecule has 2 rings (SSSR count). The highest BCUT2D eigenvalue weighted by molar-refractivity contribution is 7.92. The summed E-state index contributed by atoms with van der Waals surface area (Å²) in [5, 5.41) is -0.436. The van der Waals surface area contributed by atoms with Crippen LogP contribution in [-0.2, 0) is 14.6 Å². The summed E-state index contributed by atoms with van der Waals surface area (Å²) in [6.45, 7) is 6.69. The number of carbonyl (C=O) groups excluding carboxylic acids is 1. The molecule has 1 aliphatic heterocycles. The van der Waals surface area contributed by atoms with Gasteiger partial charge < -0.3 is 14.4 Å². The second-order valence-electron chi connectivity index (χ2n) is 6.34. The third-order valence-electron chi connectivity index (χ3n) is 3.77. The van der Waals surface area contributed by atoms with Gasteiger partial charge in [-0.15, -0.1) is 0 Å². The van der Waals surface area contributed by atoms with Gasteiger partial charge in [0.15, 0.2) is 16.4 Å². The van der Waals surface area contributed by atoms with E-state index in [0.717, 1.165) is 5.75 Å². The standard InChI is InChI=1S/C17H25NO5S/c1-4-22-14-5-7-15(8-6-14)23-11-17(19)18-9-16(10-18)24(20,21)12-13(2)3/h5-8,13,16H,4,9-12H2,1-3H3. The van der Waals surface area contributed by atoms with Gasteiger partial charge >= 0.3 is 0 Å². The van der Waals surface area contributed by atoms with Crippen LogP contribution in [0.2, 0.25) is 0 Å². The van der Waals surface area contributed by atoms with E-state index >= 15 is 0 Å². The maximum atomic E-state index is 12.1. The van der Waals surface area contributed by atoms with Gasteiger partial charge in [-0.05, 0) is 37.1 Å². The zero-order valence-electron chi connectivity index (χ0n) is 14.4. The van der Waals surface area contributed by atoms with Gasteiger partial charge in [-0.1, -0.05) is 13.8 Å². The van der Waals surface area contributed by atoms with Crippen LogP contribution in [0.25, 0.3) is 0 Å². The molecule has 0 unspecified atom stereocenters. The van der Waals surface area contributed by atoms with Crippen molar-refractivity contribution in [2.24, 2.45) is 5.92 Å². The Hall–Kier alpha value is -1.76. The van der Waals surface area contributed by atoms with E-state index in [2.05, 4.69) is 0 Å². The normalized spacial score (nSPS) is 15.2. The molecule has 0 N–H and O–H groups in total. The van der Waals surface area contributed by atoms with E-state index in [9.17, 15) is 13.2 Å². The number of benzene rings is 1. The first-order chi connectivity index (χ1) is 11.3. The minimum atomic E-state index is -3.12. The fraction of sp³-hybridized carbons (Fsp3) is 0.588. The molecule has 0 spiro atoms. The number of amides is 1. The van der Waals surface area contributed by atoms with E-state index < -0.39 is 15.1 Å². The monoisotopic (exact) mass is 355 g/mol. The SMILES string of the molecule is CCOc1ccc(OCC(=O)N2CC(S(=O)(=O)CC(C)C)C2)cc1. The highest BCUT2D eigenvalue weighted by atomic mass is 32.2. The van der Waals surface area contributed by atoms with Gasteiger partial charge in [-0.25, -0.2) is 8.42 Å². The molecule has 1 aliphatic rings. The topological polar surface area (TPSA) is 72.9 Å². The lowest BCUT2D eigenvalue weighted by molar-refractivity contribution is -0.136. The van der Waals surface area contributed by atoms with Gasteiger partial charge in [0.1, 0.15) is 11.5 Å². The van der Waals surface area contributed by atoms with Crippen LogP contribution in [0.3, 0.4) is 0 Å². The summed E-state index contributed by atoms with van der Waals surface area (Å²) >= 11 is 0. The summed E-state index contributed by atoms with van der Waals surface area (Å²) in [5.74, 6) is 1.40. The minimum Gasteiger partial charge on any atom is -0.494 e. The molecule has 0 aliphatic carbocycles. The van der Waals surface area contributed by atoms with Crippen molar-refractivity contribution in [1.29, 1.82) is 0 Å². The quantitative estimate of drug-likeness (QED) is 0.710. The Labute approximate surface area is 143 Å². The van der Waals surface area contributed by atoms with Crippen LogP contribution in [0.5, 0.6) is 11.5 Å². The molecule has 0 atom stereocenters. The van der Waals surface area contributed by atoms with E-state index in [4.69, 9.17) is 9.47 Å². The first-order valence-corrected chi connectivity index (χ1v) is 9.88. The van der Waals surface area contributed by atoms with Crippen LogP contribution in [0.1, 0.15) is 20.8 Å². The van der Waals surface area contributed by atoms with Gasteiger partial charge in [-0.3, -0.25) is 4.79 Å². The molecule has 0 saturated carbocycles. The second kappa shape index (κ2) is 7.88. The Balaban J connectivity index is 1.77. The van der Waals surface area contributed by atoms with E-state index in [1.54, 1.807) is 24.3 Å². The van der Waals surface area contributed by atoms with Gasteiger partial charge in [-0.2, -0.15) is 0 Å². The van der Waals surface area contributed by atoms with E-state index in [1.165, 1.54) is 4.90 Å². The molecule has 1 heterocycles. The number of hydrogen-bond donors (Lipinski definition) is 0. The van der Waals surface area contributed by atoms with Crippen molar-refractivity contribution in [2.75, 3.05) is 32.1 Å². The van der Waals surface area contributed by atoms with Gasteiger partial charge in [0.2, 0.25) is 0 Å². The predicted molar refractivity (Wildman–Crippen MR) is 92.1 cm³/mol. The fourth-order valence-electron chi connectivity index (χ4n) is 2.50. The summed E-state index contributed by atoms with van der Waals surface area (Å²) in [7, 11) is -3.12. The van der Waals surface area contributed by atoms with Crippen LogP contribution in [0, 0.1) is 5.92 Å². The van der Waals surface area contributed by atoms with Crippen molar-refractivity contribution < 1.29 is 22.7 Å². The number of likely N-dealkylation sites (tertiary alicyclic amines) is 1. The minimum absolute atomic E-state index is 0.0923. The molecule has 24 heavy (non-hydrogen) atoms. The lowest BCUT2D eigenvalue weighted by atomic mass is 10.2. The smallest absolute Gasteiger partial charge is 0.260 e. The summed E-state index contributed by atoms with van der Waals surface area (Å²) in [6, 6.07) is 7.04. The van der Waals surface area contributed by atoms with Crippen molar-refractivity contribution in [2.45, 2.75) is 26.0 Å². The van der Waals surface area contributed by atoms with Gasteiger partial charge in [0.25, 0.3) is 5.91 Å². The van der Waals surface area contributed by atoms with Crippen molar-refractivity contribution >= 4 is 15.7 Å². The maximum absolute atomic E-state index is 12.1. The van der Waals surface area contributed by atoms with Crippen molar-refractivity contribution in [3.8, 4) is 11.5 Å². The highest BCUT2D eigenvalue weighted by Crippen LogP contribution is 2.20. The van der Waals surface area contributed by atoms with Crippen LogP contribution in [-0.4, -0.2) is 56.5 Å². The largest absolute Gasteiger partial charge is 0.494 e. The molecule has 1 aromatic carbocycles. The lowest BCUT2D eigenvalue weighted by Crippen LogP contribution is -2.58. The molecule has 1 fully saturated rings. The Bertz CT molecular complexity index is 648. The number of sulfone groups is 1. The molecule has 0 aromatic heterocycles. The van der Waals surface area contributed by atoms with Crippen LogP contribution < -0.4 is 9.47 Å². The van der Waals surface area contributed by atoms with Gasteiger partial charge in [0, 0.05) is 13.1 Å². The summed E-state index contributed by atoms with van der Waals surface area (Å²) in [6.07, 6.45) is 0. The summed E-state index contributed by atoms with van der Waals surface area (Å²) in [5.41, 5.74) is 0. The first kappa shape index (κ1) is 18.6. The van der Waals surface area contributed by atoms with Crippen molar-refractivity contribution in [1.82, 2.24) is 4.90 Å². The second-order valence-corrected chi connectivity index (χ2v) is 8.66. The predicted octanol–water partition coefficient (Wildman–Crippen LogP) is 1.75. The maximum Gasteiger partial charge on any atom is 0.260 e. The molecular formula is C17H25NO5S. The third kappa shape index (κ3) is 4.87. The Kier molecular flexibility index (Phi) is 6.10. The number of nitrogens with zero attached hydrogens (tertiary/aromatic N) is 1. The van der Waals surface area contributed by atoms with E-state index in [0.29, 0.717) is 12.4 Å². The van der Waals surface area contributed by atoms with Crippen LogP contribution >= 0.6 is 0 Å². The van der Waals surface area contributed by atoms with Gasteiger partial charge in [0.05, 0.1) is 17.6 Å². The average molecular weight is 355 g/mol. The third-order valence-corrected chi connectivity index (χ3v) is 6.22. The fourth-order valence-corrected chi connectivity index (χ4v) is 4.52. The molecular weight excluding hydrogens is 330 g/mol. The Morgan fingerprint density at radius 2 is 1.71 bits per heavy atom. The molecule has 1 saturated heterocycles. The number of hydrogen-bond acceptors (Lipinski definition) is 5. The molecule has 134 valence electrons. The number of carbonyl (C=O) groups is 1. The van der Waals surface area contributed by atoms with Crippen molar-refractivity contribution in [3.63, 3.8) is 0 Å². The number of rotatable bonds is 8. The van der Waals surface area contributed by atoms with Crippen LogP contribution in [0.4, 0.5) is 0 Å². The highest BCUT2D eigenvalue weighted by Gasteiger charge is 2.39. The first-order valence-electron chi connectivity index (χ1n) is 8.16. The molecule has 1 amide bonds. The summed E-state index contributed by atoms with van der Waals surface area (Å²) < 4.78 is 34.9. The molecule has 1 aromatic rings. The average Bonchev–Trinajstić information content (AvgIpc) is 2.43. The Morgan fingerprint density at radius 1 is 1.17 bits per heavy atom. The van der Waals surface area contributed by atoms with Crippen LogP contribution in [0.15, 0.2) is 24.3 Å². The zero-order valence-corrected chi connectivity index (χ0v) is 15.2. The van der Waals surface area contributed by atoms with Crippen molar-refractivity contribution in [3.05, 3.63) is 24.3 Å². The zero-order chi connectivity index (χ0) is 17.7. The number of ether oxygens (including phenoxy) is 2. The molecule has 0 bridgehead atoms. The summed E-state index contributed by atoms with van der Waals surface area (Å²) in [4.78, 5) is 13.6. The molecule has 6 nitrogen and oxygen atoms in total. The Morgan fingerprint density at radius 3 is 2.21 bits per heavy atom. The lowest BCUT2D eigenvalue weighted by Gasteiger charge is -2.38. The molecule has 0 radical (unpaired) electrons. The van der Waals surface area contributed by atoms with E-state index in [1.807, 2.05) is 20.8 Å². The molecule has 7 heteroatoms. The van der Waals surface area contributed by atoms with E-state index in [-0.39, 0.29) is 37.3 Å².